The average molecular weight is 196 g/mol. The maximum Gasteiger partial charge on any atom is 0.229 e. The second-order valence-corrected chi connectivity index (χ2v) is 4.16. The number of nitrogens with zero attached hydrogens (tertiary/aromatic N) is 3. The summed E-state index contributed by atoms with van der Waals surface area (Å²) in [6.45, 7) is 6.70. The van der Waals surface area contributed by atoms with Crippen LogP contribution in [-0.2, 0) is 6.54 Å². The number of likely N-dealkylation sites (tertiary alicyclic amines) is 1. The van der Waals surface area contributed by atoms with Crippen LogP contribution >= 0.6 is 0 Å². The number of rotatable bonds is 3. The molecular weight excluding hydrogens is 180 g/mol. The van der Waals surface area contributed by atoms with E-state index in [2.05, 4.69) is 15.0 Å². The first-order chi connectivity index (χ1) is 6.65. The lowest BCUT2D eigenvalue weighted by Crippen LogP contribution is -2.55. The van der Waals surface area contributed by atoms with Crippen LogP contribution in [0.25, 0.3) is 0 Å². The van der Waals surface area contributed by atoms with Gasteiger partial charge in [-0.3, -0.25) is 4.90 Å². The first-order valence-electron chi connectivity index (χ1n) is 4.95. The zero-order chi connectivity index (χ0) is 10.1. The lowest BCUT2D eigenvalue weighted by Gasteiger charge is -2.35. The van der Waals surface area contributed by atoms with Gasteiger partial charge in [-0.1, -0.05) is 19.0 Å². The van der Waals surface area contributed by atoms with E-state index in [-0.39, 0.29) is 0 Å². The first-order valence-corrected chi connectivity index (χ1v) is 4.95. The van der Waals surface area contributed by atoms with Crippen LogP contribution in [-0.4, -0.2) is 34.2 Å². The van der Waals surface area contributed by atoms with E-state index in [1.807, 2.05) is 13.8 Å². The molecule has 0 radical (unpaired) electrons. The summed E-state index contributed by atoms with van der Waals surface area (Å²) in [5.41, 5.74) is 5.67. The molecule has 14 heavy (non-hydrogen) atoms. The van der Waals surface area contributed by atoms with Gasteiger partial charge in [-0.05, 0) is 0 Å². The Balaban J connectivity index is 1.90. The number of aromatic nitrogens is 2. The average Bonchev–Trinajstić information content (AvgIpc) is 2.50. The van der Waals surface area contributed by atoms with Crippen LogP contribution in [0.15, 0.2) is 4.52 Å². The molecule has 2 heterocycles. The Morgan fingerprint density at radius 2 is 2.29 bits per heavy atom. The molecule has 1 aromatic rings. The molecule has 0 spiro atoms. The third-order valence-corrected chi connectivity index (χ3v) is 2.33. The fourth-order valence-corrected chi connectivity index (χ4v) is 1.51. The van der Waals surface area contributed by atoms with Crippen molar-refractivity contribution < 1.29 is 4.52 Å². The van der Waals surface area contributed by atoms with E-state index in [0.29, 0.717) is 17.9 Å². The van der Waals surface area contributed by atoms with E-state index >= 15 is 0 Å². The standard InChI is InChI=1S/C9H16N4O/c1-6(2)9-11-8(12-14-9)5-13-3-7(10)4-13/h6-7H,3-5,10H2,1-2H3. The second-order valence-electron chi connectivity index (χ2n) is 4.16. The smallest absolute Gasteiger partial charge is 0.229 e. The van der Waals surface area contributed by atoms with Gasteiger partial charge in [-0.15, -0.1) is 0 Å². The number of hydrogen-bond acceptors (Lipinski definition) is 5. The molecule has 0 aromatic carbocycles. The molecule has 0 unspecified atom stereocenters. The minimum atomic E-state index is 0.301. The van der Waals surface area contributed by atoms with Gasteiger partial charge >= 0.3 is 0 Å². The van der Waals surface area contributed by atoms with Crippen LogP contribution < -0.4 is 5.73 Å². The molecular formula is C9H16N4O. The van der Waals surface area contributed by atoms with Gasteiger partial charge in [0.15, 0.2) is 5.82 Å². The Morgan fingerprint density at radius 1 is 1.57 bits per heavy atom. The fourth-order valence-electron chi connectivity index (χ4n) is 1.51. The zero-order valence-electron chi connectivity index (χ0n) is 8.60. The third-order valence-electron chi connectivity index (χ3n) is 2.33. The lowest BCUT2D eigenvalue weighted by atomic mass is 10.1. The quantitative estimate of drug-likeness (QED) is 0.754. The molecule has 1 saturated heterocycles. The molecule has 0 aliphatic carbocycles. The highest BCUT2D eigenvalue weighted by molar-refractivity contribution is 4.93. The third kappa shape index (κ3) is 1.93. The van der Waals surface area contributed by atoms with E-state index in [4.69, 9.17) is 10.3 Å². The maximum absolute atomic E-state index is 5.67. The molecule has 0 bridgehead atoms. The van der Waals surface area contributed by atoms with Crippen LogP contribution in [0, 0.1) is 0 Å². The van der Waals surface area contributed by atoms with Crippen LogP contribution in [0.2, 0.25) is 0 Å². The van der Waals surface area contributed by atoms with E-state index < -0.39 is 0 Å². The summed E-state index contributed by atoms with van der Waals surface area (Å²) in [5, 5.41) is 3.92. The Labute approximate surface area is 83.3 Å². The lowest BCUT2D eigenvalue weighted by molar-refractivity contribution is 0.137. The van der Waals surface area contributed by atoms with E-state index in [9.17, 15) is 0 Å². The molecule has 1 aliphatic heterocycles. The van der Waals surface area contributed by atoms with Crippen molar-refractivity contribution in [1.82, 2.24) is 15.0 Å². The molecule has 78 valence electrons. The molecule has 2 rings (SSSR count). The topological polar surface area (TPSA) is 68.2 Å². The highest BCUT2D eigenvalue weighted by Gasteiger charge is 2.24. The van der Waals surface area contributed by atoms with Crippen molar-refractivity contribution in [1.29, 1.82) is 0 Å². The van der Waals surface area contributed by atoms with Crippen LogP contribution in [0.4, 0.5) is 0 Å². The molecule has 0 amide bonds. The van der Waals surface area contributed by atoms with E-state index in [1.165, 1.54) is 0 Å². The van der Waals surface area contributed by atoms with Gasteiger partial charge in [0.2, 0.25) is 5.89 Å². The van der Waals surface area contributed by atoms with Gasteiger partial charge in [0.1, 0.15) is 0 Å². The summed E-state index contributed by atoms with van der Waals surface area (Å²) in [4.78, 5) is 6.50. The normalized spacial score (nSPS) is 18.9. The van der Waals surface area contributed by atoms with Gasteiger partial charge < -0.3 is 10.3 Å². The van der Waals surface area contributed by atoms with Crippen LogP contribution in [0.3, 0.4) is 0 Å². The fraction of sp³-hybridized carbons (Fsp3) is 0.778. The highest BCUT2D eigenvalue weighted by Crippen LogP contribution is 2.13. The van der Waals surface area contributed by atoms with Crippen molar-refractivity contribution >= 4 is 0 Å². The Hall–Kier alpha value is -0.940. The first kappa shape index (κ1) is 9.61. The van der Waals surface area contributed by atoms with E-state index in [0.717, 1.165) is 25.5 Å². The summed E-state index contributed by atoms with van der Waals surface area (Å²) in [5.74, 6) is 1.78. The molecule has 1 aromatic heterocycles. The van der Waals surface area contributed by atoms with Gasteiger partial charge in [-0.25, -0.2) is 0 Å². The number of hydrogen-bond donors (Lipinski definition) is 1. The Morgan fingerprint density at radius 3 is 2.79 bits per heavy atom. The molecule has 1 aliphatic rings. The summed E-state index contributed by atoms with van der Waals surface area (Å²) in [6.07, 6.45) is 0. The molecule has 0 atom stereocenters. The minimum Gasteiger partial charge on any atom is -0.339 e. The van der Waals surface area contributed by atoms with Crippen molar-refractivity contribution in [3.63, 3.8) is 0 Å². The highest BCUT2D eigenvalue weighted by atomic mass is 16.5. The van der Waals surface area contributed by atoms with Gasteiger partial charge in [-0.2, -0.15) is 4.98 Å². The predicted molar refractivity (Wildman–Crippen MR) is 51.6 cm³/mol. The predicted octanol–water partition coefficient (Wildman–Crippen LogP) is 0.336. The van der Waals surface area contributed by atoms with Crippen molar-refractivity contribution in [2.75, 3.05) is 13.1 Å². The van der Waals surface area contributed by atoms with Gasteiger partial charge in [0, 0.05) is 25.0 Å². The summed E-state index contributed by atoms with van der Waals surface area (Å²) in [6, 6.07) is 0.325. The minimum absolute atomic E-state index is 0.301. The summed E-state index contributed by atoms with van der Waals surface area (Å²) < 4.78 is 5.10. The maximum atomic E-state index is 5.67. The zero-order valence-corrected chi connectivity index (χ0v) is 8.60. The molecule has 2 N–H and O–H groups in total. The van der Waals surface area contributed by atoms with Crippen molar-refractivity contribution in [2.45, 2.75) is 32.4 Å². The Kier molecular flexibility index (Phi) is 2.52. The second kappa shape index (κ2) is 3.67. The Bertz CT molecular complexity index is 304. The molecule has 1 fully saturated rings. The van der Waals surface area contributed by atoms with E-state index in [1.54, 1.807) is 0 Å². The number of nitrogens with two attached hydrogens (primary N) is 1. The molecule has 0 saturated carbocycles. The van der Waals surface area contributed by atoms with Crippen molar-refractivity contribution in [2.24, 2.45) is 5.73 Å². The summed E-state index contributed by atoms with van der Waals surface area (Å²) >= 11 is 0. The van der Waals surface area contributed by atoms with Crippen molar-refractivity contribution in [3.8, 4) is 0 Å². The largest absolute Gasteiger partial charge is 0.339 e. The van der Waals surface area contributed by atoms with Gasteiger partial charge in [0.25, 0.3) is 0 Å². The summed E-state index contributed by atoms with van der Waals surface area (Å²) in [7, 11) is 0. The van der Waals surface area contributed by atoms with Crippen LogP contribution in [0.1, 0.15) is 31.5 Å². The van der Waals surface area contributed by atoms with Crippen molar-refractivity contribution in [3.05, 3.63) is 11.7 Å². The van der Waals surface area contributed by atoms with Gasteiger partial charge in [0.05, 0.1) is 6.54 Å². The van der Waals surface area contributed by atoms with Crippen LogP contribution in [0.5, 0.6) is 0 Å². The molecule has 5 heteroatoms. The molecule has 5 nitrogen and oxygen atoms in total. The SMILES string of the molecule is CC(C)c1nc(CN2CC(N)C2)no1. The monoisotopic (exact) mass is 196 g/mol.